The number of benzene rings is 3. The summed E-state index contributed by atoms with van der Waals surface area (Å²) < 4.78 is 0. The molecule has 0 unspecified atom stereocenters. The Bertz CT molecular complexity index is 998. The van der Waals surface area contributed by atoms with Gasteiger partial charge in [-0.3, -0.25) is 4.79 Å². The minimum atomic E-state index is -0.204. The Morgan fingerprint density at radius 1 is 0.931 bits per heavy atom. The standard InChI is InChI=1S/C24H25N3O2/c28-23(26-22-14-6-11-19-10-4-5-13-21(19)22)20-12-7-15-27(17-20)24(29)25-16-18-8-2-1-3-9-18/h1-6,8-11,13-14,20H,7,12,15-17H2,(H,25,29)(H,26,28)/t20-/m1/s1. The fourth-order valence-corrected chi connectivity index (χ4v) is 3.83. The van der Waals surface area contributed by atoms with Crippen molar-refractivity contribution in [3.05, 3.63) is 78.4 Å². The summed E-state index contributed by atoms with van der Waals surface area (Å²) in [6.07, 6.45) is 1.62. The molecule has 0 aromatic heterocycles. The lowest BCUT2D eigenvalue weighted by Gasteiger charge is -2.32. The van der Waals surface area contributed by atoms with E-state index in [0.29, 0.717) is 19.6 Å². The van der Waals surface area contributed by atoms with Crippen molar-refractivity contribution in [3.63, 3.8) is 0 Å². The lowest BCUT2D eigenvalue weighted by molar-refractivity contribution is -0.121. The Labute approximate surface area is 170 Å². The maximum Gasteiger partial charge on any atom is 0.317 e. The van der Waals surface area contributed by atoms with Crippen molar-refractivity contribution < 1.29 is 9.59 Å². The number of piperidine rings is 1. The molecule has 3 aromatic carbocycles. The summed E-state index contributed by atoms with van der Waals surface area (Å²) in [4.78, 5) is 27.2. The number of likely N-dealkylation sites (tertiary alicyclic amines) is 1. The highest BCUT2D eigenvalue weighted by molar-refractivity contribution is 6.03. The fraction of sp³-hybridized carbons (Fsp3) is 0.250. The number of hydrogen-bond acceptors (Lipinski definition) is 2. The van der Waals surface area contributed by atoms with Gasteiger partial charge in [0.15, 0.2) is 0 Å². The van der Waals surface area contributed by atoms with E-state index in [-0.39, 0.29) is 17.9 Å². The molecule has 3 amide bonds. The van der Waals surface area contributed by atoms with Crippen LogP contribution in [0, 0.1) is 5.92 Å². The van der Waals surface area contributed by atoms with Crippen molar-refractivity contribution in [2.24, 2.45) is 5.92 Å². The van der Waals surface area contributed by atoms with Gasteiger partial charge in [0.2, 0.25) is 5.91 Å². The zero-order chi connectivity index (χ0) is 20.1. The summed E-state index contributed by atoms with van der Waals surface area (Å²) in [6, 6.07) is 23.6. The van der Waals surface area contributed by atoms with E-state index in [1.165, 1.54) is 0 Å². The molecular weight excluding hydrogens is 362 g/mol. The lowest BCUT2D eigenvalue weighted by atomic mass is 9.97. The largest absolute Gasteiger partial charge is 0.334 e. The molecule has 4 rings (SSSR count). The highest BCUT2D eigenvalue weighted by Gasteiger charge is 2.28. The van der Waals surface area contributed by atoms with Crippen LogP contribution in [0.2, 0.25) is 0 Å². The number of nitrogens with one attached hydrogen (secondary N) is 2. The summed E-state index contributed by atoms with van der Waals surface area (Å²) in [6.45, 7) is 1.61. The van der Waals surface area contributed by atoms with Crippen LogP contribution < -0.4 is 10.6 Å². The number of urea groups is 1. The number of carbonyl (C=O) groups excluding carboxylic acids is 2. The van der Waals surface area contributed by atoms with Gasteiger partial charge in [-0.15, -0.1) is 0 Å². The molecule has 0 bridgehead atoms. The Morgan fingerprint density at radius 3 is 2.55 bits per heavy atom. The van der Waals surface area contributed by atoms with Crippen LogP contribution in [-0.4, -0.2) is 29.9 Å². The maximum atomic E-state index is 12.9. The van der Waals surface area contributed by atoms with E-state index in [9.17, 15) is 9.59 Å². The van der Waals surface area contributed by atoms with Crippen LogP contribution >= 0.6 is 0 Å². The fourth-order valence-electron chi connectivity index (χ4n) is 3.83. The molecule has 5 heteroatoms. The zero-order valence-corrected chi connectivity index (χ0v) is 16.3. The van der Waals surface area contributed by atoms with Gasteiger partial charge in [-0.25, -0.2) is 4.79 Å². The molecular formula is C24H25N3O2. The second kappa shape index (κ2) is 8.78. The zero-order valence-electron chi connectivity index (χ0n) is 16.3. The summed E-state index contributed by atoms with van der Waals surface area (Å²) in [5, 5.41) is 8.15. The predicted octanol–water partition coefficient (Wildman–Crippen LogP) is 4.40. The van der Waals surface area contributed by atoms with Crippen LogP contribution in [0.25, 0.3) is 10.8 Å². The second-order valence-electron chi connectivity index (χ2n) is 7.45. The van der Waals surface area contributed by atoms with Crippen molar-refractivity contribution in [2.75, 3.05) is 18.4 Å². The van der Waals surface area contributed by atoms with Crippen LogP contribution in [0.5, 0.6) is 0 Å². The van der Waals surface area contributed by atoms with E-state index in [1.807, 2.05) is 72.8 Å². The van der Waals surface area contributed by atoms with Gasteiger partial charge in [0, 0.05) is 30.7 Å². The third kappa shape index (κ3) is 4.57. The van der Waals surface area contributed by atoms with E-state index in [1.54, 1.807) is 4.90 Å². The number of hydrogen-bond donors (Lipinski definition) is 2. The third-order valence-corrected chi connectivity index (χ3v) is 5.41. The molecule has 2 N–H and O–H groups in total. The summed E-state index contributed by atoms with van der Waals surface area (Å²) in [5.74, 6) is -0.230. The molecule has 0 aliphatic carbocycles. The molecule has 0 spiro atoms. The molecule has 1 fully saturated rings. The Balaban J connectivity index is 1.37. The maximum absolute atomic E-state index is 12.9. The molecule has 5 nitrogen and oxygen atoms in total. The van der Waals surface area contributed by atoms with E-state index in [2.05, 4.69) is 10.6 Å². The second-order valence-corrected chi connectivity index (χ2v) is 7.45. The van der Waals surface area contributed by atoms with Crippen LogP contribution in [0.1, 0.15) is 18.4 Å². The normalized spacial score (nSPS) is 16.4. The molecule has 1 heterocycles. The first-order valence-electron chi connectivity index (χ1n) is 10.1. The van der Waals surface area contributed by atoms with E-state index in [0.717, 1.165) is 34.9 Å². The van der Waals surface area contributed by atoms with Crippen molar-refractivity contribution in [3.8, 4) is 0 Å². The van der Waals surface area contributed by atoms with Gasteiger partial charge in [0.05, 0.1) is 5.92 Å². The monoisotopic (exact) mass is 387 g/mol. The van der Waals surface area contributed by atoms with Crippen molar-refractivity contribution in [1.82, 2.24) is 10.2 Å². The number of rotatable bonds is 4. The first-order chi connectivity index (χ1) is 14.2. The highest BCUT2D eigenvalue weighted by Crippen LogP contribution is 2.25. The van der Waals surface area contributed by atoms with Gasteiger partial charge in [-0.1, -0.05) is 66.7 Å². The predicted molar refractivity (Wildman–Crippen MR) is 116 cm³/mol. The van der Waals surface area contributed by atoms with Crippen molar-refractivity contribution in [1.29, 1.82) is 0 Å². The Kier molecular flexibility index (Phi) is 5.75. The van der Waals surface area contributed by atoms with Gasteiger partial charge in [-0.2, -0.15) is 0 Å². The average molecular weight is 387 g/mol. The van der Waals surface area contributed by atoms with Gasteiger partial charge < -0.3 is 15.5 Å². The number of nitrogens with zero attached hydrogens (tertiary/aromatic N) is 1. The molecule has 1 aliphatic rings. The van der Waals surface area contributed by atoms with Gasteiger partial charge >= 0.3 is 6.03 Å². The topological polar surface area (TPSA) is 61.4 Å². The minimum absolute atomic E-state index is 0.0260. The van der Waals surface area contributed by atoms with E-state index in [4.69, 9.17) is 0 Å². The van der Waals surface area contributed by atoms with E-state index >= 15 is 0 Å². The molecule has 1 aliphatic heterocycles. The van der Waals surface area contributed by atoms with Crippen LogP contribution in [0.3, 0.4) is 0 Å². The molecule has 3 aromatic rings. The average Bonchev–Trinajstić information content (AvgIpc) is 2.78. The molecule has 0 saturated carbocycles. The highest BCUT2D eigenvalue weighted by atomic mass is 16.2. The summed E-state index contributed by atoms with van der Waals surface area (Å²) in [5.41, 5.74) is 1.88. The minimum Gasteiger partial charge on any atom is -0.334 e. The van der Waals surface area contributed by atoms with Crippen LogP contribution in [0.4, 0.5) is 10.5 Å². The van der Waals surface area contributed by atoms with Crippen molar-refractivity contribution >= 4 is 28.4 Å². The number of amides is 3. The number of anilines is 1. The first kappa shape index (κ1) is 19.0. The molecule has 0 radical (unpaired) electrons. The van der Waals surface area contributed by atoms with Gasteiger partial charge in [-0.05, 0) is 29.9 Å². The molecule has 148 valence electrons. The summed E-state index contributed by atoms with van der Waals surface area (Å²) in [7, 11) is 0. The molecule has 29 heavy (non-hydrogen) atoms. The SMILES string of the molecule is O=C(Nc1cccc2ccccc12)[C@@H]1CCCN(C(=O)NCc2ccccc2)C1. The van der Waals surface area contributed by atoms with Crippen LogP contribution in [-0.2, 0) is 11.3 Å². The Hall–Kier alpha value is -3.34. The Morgan fingerprint density at radius 2 is 1.69 bits per heavy atom. The van der Waals surface area contributed by atoms with Crippen molar-refractivity contribution in [2.45, 2.75) is 19.4 Å². The van der Waals surface area contributed by atoms with Crippen LogP contribution in [0.15, 0.2) is 72.8 Å². The quantitative estimate of drug-likeness (QED) is 0.697. The van der Waals surface area contributed by atoms with E-state index < -0.39 is 0 Å². The summed E-state index contributed by atoms with van der Waals surface area (Å²) >= 11 is 0. The first-order valence-corrected chi connectivity index (χ1v) is 10.1. The number of fused-ring (bicyclic) bond motifs is 1. The smallest absolute Gasteiger partial charge is 0.317 e. The van der Waals surface area contributed by atoms with Gasteiger partial charge in [0.25, 0.3) is 0 Å². The third-order valence-electron chi connectivity index (χ3n) is 5.41. The van der Waals surface area contributed by atoms with Gasteiger partial charge in [0.1, 0.15) is 0 Å². The molecule has 1 saturated heterocycles. The number of carbonyl (C=O) groups is 2. The lowest BCUT2D eigenvalue weighted by Crippen LogP contribution is -2.47. The molecule has 1 atom stereocenters.